The van der Waals surface area contributed by atoms with E-state index in [9.17, 15) is 8.42 Å². The van der Waals surface area contributed by atoms with Gasteiger partial charge in [0, 0.05) is 13.1 Å². The lowest BCUT2D eigenvalue weighted by atomic mass is 10.1. The molecule has 0 heterocycles. The molecule has 5 nitrogen and oxygen atoms in total. The van der Waals surface area contributed by atoms with E-state index in [4.69, 9.17) is 10.5 Å². The van der Waals surface area contributed by atoms with Crippen LogP contribution >= 0.6 is 0 Å². The molecular weight excluding hydrogens is 264 g/mol. The normalized spacial score (nSPS) is 11.7. The number of aryl methyl sites for hydroxylation is 1. The first-order chi connectivity index (χ1) is 9.10. The van der Waals surface area contributed by atoms with E-state index in [1.54, 1.807) is 12.1 Å². The van der Waals surface area contributed by atoms with Gasteiger partial charge in [0.05, 0.1) is 18.1 Å². The van der Waals surface area contributed by atoms with E-state index in [2.05, 4.69) is 11.6 Å². The van der Waals surface area contributed by atoms with E-state index >= 15 is 0 Å². The van der Waals surface area contributed by atoms with Crippen molar-refractivity contribution in [1.82, 2.24) is 4.72 Å². The Bertz CT molecular complexity index is 457. The van der Waals surface area contributed by atoms with E-state index < -0.39 is 10.0 Å². The highest BCUT2D eigenvalue weighted by Gasteiger charge is 2.12. The number of hydrogen-bond acceptors (Lipinski definition) is 4. The van der Waals surface area contributed by atoms with Crippen LogP contribution in [0.25, 0.3) is 0 Å². The second-order valence-electron chi connectivity index (χ2n) is 4.19. The summed E-state index contributed by atoms with van der Waals surface area (Å²) in [5.74, 6) is 0. The molecule has 0 unspecified atom stereocenters. The standard InChI is InChI=1S/C13H22N2O3S/c1-2-3-12-4-6-13(7-5-12)19(16,17)15-9-11-18-10-8-14/h4-7,15H,2-3,8-11,14H2,1H3. The van der Waals surface area contributed by atoms with Gasteiger partial charge in [0.2, 0.25) is 10.0 Å². The highest BCUT2D eigenvalue weighted by molar-refractivity contribution is 7.89. The molecular formula is C13H22N2O3S. The highest BCUT2D eigenvalue weighted by Crippen LogP contribution is 2.11. The highest BCUT2D eigenvalue weighted by atomic mass is 32.2. The smallest absolute Gasteiger partial charge is 0.240 e. The number of sulfonamides is 1. The molecule has 0 amide bonds. The number of hydrogen-bond donors (Lipinski definition) is 2. The van der Waals surface area contributed by atoms with Crippen LogP contribution < -0.4 is 10.5 Å². The molecule has 0 aromatic heterocycles. The Labute approximate surface area is 115 Å². The summed E-state index contributed by atoms with van der Waals surface area (Å²) < 4.78 is 31.5. The van der Waals surface area contributed by atoms with E-state index in [1.165, 1.54) is 0 Å². The molecule has 1 rings (SSSR count). The summed E-state index contributed by atoms with van der Waals surface area (Å²) in [5, 5.41) is 0. The van der Waals surface area contributed by atoms with Gasteiger partial charge in [-0.3, -0.25) is 0 Å². The van der Waals surface area contributed by atoms with Crippen LogP contribution in [0.3, 0.4) is 0 Å². The minimum absolute atomic E-state index is 0.249. The summed E-state index contributed by atoms with van der Waals surface area (Å²) in [4.78, 5) is 0.283. The first-order valence-electron chi connectivity index (χ1n) is 6.46. The average molecular weight is 286 g/mol. The van der Waals surface area contributed by atoms with Gasteiger partial charge < -0.3 is 10.5 Å². The summed E-state index contributed by atoms with van der Waals surface area (Å²) >= 11 is 0. The minimum Gasteiger partial charge on any atom is -0.379 e. The molecule has 0 spiro atoms. The second-order valence-corrected chi connectivity index (χ2v) is 5.96. The number of benzene rings is 1. The fourth-order valence-electron chi connectivity index (χ4n) is 1.64. The van der Waals surface area contributed by atoms with Crippen LogP contribution in [-0.4, -0.2) is 34.7 Å². The third-order valence-corrected chi connectivity index (χ3v) is 4.05. The summed E-state index contributed by atoms with van der Waals surface area (Å²) in [6, 6.07) is 6.97. The zero-order chi connectivity index (χ0) is 14.1. The van der Waals surface area contributed by atoms with Crippen LogP contribution in [0, 0.1) is 0 Å². The summed E-state index contributed by atoms with van der Waals surface area (Å²) in [6.45, 7) is 3.54. The largest absolute Gasteiger partial charge is 0.379 e. The topological polar surface area (TPSA) is 81.4 Å². The zero-order valence-corrected chi connectivity index (χ0v) is 12.1. The first kappa shape index (κ1) is 16.1. The van der Waals surface area contributed by atoms with Crippen molar-refractivity contribution >= 4 is 10.0 Å². The van der Waals surface area contributed by atoms with Crippen LogP contribution in [0.4, 0.5) is 0 Å². The van der Waals surface area contributed by atoms with Crippen molar-refractivity contribution in [3.8, 4) is 0 Å². The molecule has 108 valence electrons. The second kappa shape index (κ2) is 8.27. The van der Waals surface area contributed by atoms with Crippen LogP contribution in [0.1, 0.15) is 18.9 Å². The summed E-state index contributed by atoms with van der Waals surface area (Å²) in [7, 11) is -3.44. The number of rotatable bonds is 9. The van der Waals surface area contributed by atoms with Gasteiger partial charge in [-0.1, -0.05) is 25.5 Å². The molecule has 0 radical (unpaired) electrons. The van der Waals surface area contributed by atoms with Gasteiger partial charge in [-0.25, -0.2) is 13.1 Å². The van der Waals surface area contributed by atoms with Crippen molar-refractivity contribution < 1.29 is 13.2 Å². The molecule has 19 heavy (non-hydrogen) atoms. The van der Waals surface area contributed by atoms with Crippen molar-refractivity contribution in [2.24, 2.45) is 5.73 Å². The Morgan fingerprint density at radius 2 is 1.89 bits per heavy atom. The van der Waals surface area contributed by atoms with E-state index in [0.717, 1.165) is 18.4 Å². The van der Waals surface area contributed by atoms with Gasteiger partial charge in [0.1, 0.15) is 0 Å². The average Bonchev–Trinajstić information content (AvgIpc) is 2.39. The minimum atomic E-state index is -3.44. The molecule has 0 saturated heterocycles. The van der Waals surface area contributed by atoms with E-state index in [1.807, 2.05) is 12.1 Å². The van der Waals surface area contributed by atoms with Crippen molar-refractivity contribution in [2.45, 2.75) is 24.7 Å². The molecule has 0 bridgehead atoms. The lowest BCUT2D eigenvalue weighted by molar-refractivity contribution is 0.147. The molecule has 0 saturated carbocycles. The molecule has 6 heteroatoms. The number of nitrogens with two attached hydrogens (primary N) is 1. The van der Waals surface area contributed by atoms with Crippen molar-refractivity contribution in [2.75, 3.05) is 26.3 Å². The maximum absolute atomic E-state index is 11.9. The predicted octanol–water partition coefficient (Wildman–Crippen LogP) is 0.893. The Balaban J connectivity index is 2.52. The lowest BCUT2D eigenvalue weighted by Gasteiger charge is -2.08. The molecule has 0 aliphatic heterocycles. The maximum atomic E-state index is 11.9. The van der Waals surface area contributed by atoms with E-state index in [-0.39, 0.29) is 11.4 Å². The number of nitrogens with one attached hydrogen (secondary N) is 1. The molecule has 0 atom stereocenters. The van der Waals surface area contributed by atoms with Crippen molar-refractivity contribution in [1.29, 1.82) is 0 Å². The molecule has 1 aromatic rings. The zero-order valence-electron chi connectivity index (χ0n) is 11.3. The molecule has 0 aliphatic carbocycles. The molecule has 0 fully saturated rings. The van der Waals surface area contributed by atoms with Crippen LogP contribution in [0.5, 0.6) is 0 Å². The summed E-state index contributed by atoms with van der Waals surface area (Å²) in [5.41, 5.74) is 6.41. The third-order valence-electron chi connectivity index (χ3n) is 2.57. The van der Waals surface area contributed by atoms with Gasteiger partial charge in [0.25, 0.3) is 0 Å². The Kier molecular flexibility index (Phi) is 7.01. The first-order valence-corrected chi connectivity index (χ1v) is 7.95. The van der Waals surface area contributed by atoms with Gasteiger partial charge in [-0.2, -0.15) is 0 Å². The van der Waals surface area contributed by atoms with Gasteiger partial charge in [0.15, 0.2) is 0 Å². The fraction of sp³-hybridized carbons (Fsp3) is 0.538. The Morgan fingerprint density at radius 3 is 2.47 bits per heavy atom. The maximum Gasteiger partial charge on any atom is 0.240 e. The molecule has 3 N–H and O–H groups in total. The monoisotopic (exact) mass is 286 g/mol. The van der Waals surface area contributed by atoms with Crippen molar-refractivity contribution in [3.05, 3.63) is 29.8 Å². The van der Waals surface area contributed by atoms with E-state index in [0.29, 0.717) is 19.8 Å². The Hall–Kier alpha value is -0.950. The number of ether oxygens (including phenoxy) is 1. The van der Waals surface area contributed by atoms with Gasteiger partial charge in [-0.15, -0.1) is 0 Å². The summed E-state index contributed by atoms with van der Waals surface area (Å²) in [6.07, 6.45) is 2.00. The predicted molar refractivity (Wildman–Crippen MR) is 75.5 cm³/mol. The lowest BCUT2D eigenvalue weighted by Crippen LogP contribution is -2.28. The van der Waals surface area contributed by atoms with Crippen molar-refractivity contribution in [3.63, 3.8) is 0 Å². The van der Waals surface area contributed by atoms with Gasteiger partial charge >= 0.3 is 0 Å². The van der Waals surface area contributed by atoms with Crippen LogP contribution in [0.2, 0.25) is 0 Å². The van der Waals surface area contributed by atoms with Crippen LogP contribution in [-0.2, 0) is 21.2 Å². The quantitative estimate of drug-likeness (QED) is 0.661. The third kappa shape index (κ3) is 5.69. The van der Waals surface area contributed by atoms with Crippen LogP contribution in [0.15, 0.2) is 29.2 Å². The van der Waals surface area contributed by atoms with Gasteiger partial charge in [-0.05, 0) is 24.1 Å². The Morgan fingerprint density at radius 1 is 1.21 bits per heavy atom. The fourth-order valence-corrected chi connectivity index (χ4v) is 2.65. The SMILES string of the molecule is CCCc1ccc(S(=O)(=O)NCCOCCN)cc1. The molecule has 0 aliphatic rings. The molecule has 1 aromatic carbocycles.